The number of rotatable bonds is 5. The largest absolute Gasteiger partial charge is 0.465 e. The van der Waals surface area contributed by atoms with Crippen LogP contribution in [-0.4, -0.2) is 18.4 Å². The van der Waals surface area contributed by atoms with E-state index in [9.17, 15) is 9.59 Å². The summed E-state index contributed by atoms with van der Waals surface area (Å²) in [6, 6.07) is 4.21. The van der Waals surface area contributed by atoms with Gasteiger partial charge in [-0.05, 0) is 63.1 Å². The van der Waals surface area contributed by atoms with Crippen molar-refractivity contribution in [1.29, 1.82) is 0 Å². The first-order valence-electron chi connectivity index (χ1n) is 9.07. The lowest BCUT2D eigenvalue weighted by molar-refractivity contribution is -0.163. The average Bonchev–Trinajstić information content (AvgIpc) is 2.50. The van der Waals surface area contributed by atoms with Gasteiger partial charge in [0.1, 0.15) is 5.41 Å². The molecule has 3 nitrogen and oxygen atoms in total. The van der Waals surface area contributed by atoms with Crippen molar-refractivity contribution in [2.24, 2.45) is 11.3 Å². The number of ketones is 1. The number of Topliss-reactive ketones (excluding diaryl/α,β-unsaturated/α-hetero) is 1. The van der Waals surface area contributed by atoms with Gasteiger partial charge in [0, 0.05) is 6.42 Å². The molecule has 0 N–H and O–H groups in total. The quantitative estimate of drug-likeness (QED) is 0.590. The van der Waals surface area contributed by atoms with Crippen LogP contribution in [0.2, 0.25) is 0 Å². The van der Waals surface area contributed by atoms with Crippen molar-refractivity contribution in [3.05, 3.63) is 34.4 Å². The van der Waals surface area contributed by atoms with Gasteiger partial charge in [-0.1, -0.05) is 37.5 Å². The third kappa shape index (κ3) is 3.71. The van der Waals surface area contributed by atoms with Gasteiger partial charge in [0.2, 0.25) is 0 Å². The van der Waals surface area contributed by atoms with Gasteiger partial charge in [-0.2, -0.15) is 0 Å². The van der Waals surface area contributed by atoms with Gasteiger partial charge >= 0.3 is 5.97 Å². The molecule has 3 heteroatoms. The van der Waals surface area contributed by atoms with E-state index in [0.717, 1.165) is 29.5 Å². The van der Waals surface area contributed by atoms with Crippen molar-refractivity contribution in [2.75, 3.05) is 6.61 Å². The van der Waals surface area contributed by atoms with Crippen molar-refractivity contribution in [2.45, 2.75) is 66.7 Å². The second-order valence-corrected chi connectivity index (χ2v) is 7.48. The molecule has 2 rings (SSSR count). The van der Waals surface area contributed by atoms with Gasteiger partial charge in [0.05, 0.1) is 6.61 Å². The van der Waals surface area contributed by atoms with E-state index in [4.69, 9.17) is 4.74 Å². The molecule has 0 aromatic heterocycles. The van der Waals surface area contributed by atoms with Crippen LogP contribution < -0.4 is 0 Å². The molecule has 1 aromatic rings. The van der Waals surface area contributed by atoms with Crippen molar-refractivity contribution < 1.29 is 14.3 Å². The van der Waals surface area contributed by atoms with Gasteiger partial charge in [-0.15, -0.1) is 0 Å². The van der Waals surface area contributed by atoms with Crippen LogP contribution in [0.5, 0.6) is 0 Å². The van der Waals surface area contributed by atoms with Crippen molar-refractivity contribution in [1.82, 2.24) is 0 Å². The third-order valence-corrected chi connectivity index (χ3v) is 5.38. The van der Waals surface area contributed by atoms with Gasteiger partial charge in [0.15, 0.2) is 5.78 Å². The molecule has 0 spiro atoms. The summed E-state index contributed by atoms with van der Waals surface area (Å²) in [6.07, 6.45) is 3.56. The van der Waals surface area contributed by atoms with Crippen molar-refractivity contribution >= 4 is 11.8 Å². The second-order valence-electron chi connectivity index (χ2n) is 7.48. The first-order valence-corrected chi connectivity index (χ1v) is 9.07. The van der Waals surface area contributed by atoms with E-state index < -0.39 is 5.41 Å². The van der Waals surface area contributed by atoms with E-state index in [1.807, 2.05) is 13.8 Å². The van der Waals surface area contributed by atoms with E-state index in [2.05, 4.69) is 26.0 Å². The molecule has 1 aromatic carbocycles. The molecular weight excluding hydrogens is 300 g/mol. The molecule has 0 radical (unpaired) electrons. The Bertz CT molecular complexity index is 609. The number of hydrogen-bond donors (Lipinski definition) is 0. The minimum Gasteiger partial charge on any atom is -0.465 e. The molecule has 2 unspecified atom stereocenters. The molecule has 2 atom stereocenters. The fourth-order valence-electron chi connectivity index (χ4n) is 4.19. The third-order valence-electron chi connectivity index (χ3n) is 5.38. The number of carbonyl (C=O) groups is 2. The van der Waals surface area contributed by atoms with Crippen LogP contribution in [0, 0.1) is 32.1 Å². The highest BCUT2D eigenvalue weighted by Gasteiger charge is 2.48. The lowest BCUT2D eigenvalue weighted by Crippen LogP contribution is -2.45. The summed E-state index contributed by atoms with van der Waals surface area (Å²) in [7, 11) is 0. The lowest BCUT2D eigenvalue weighted by Gasteiger charge is -2.36. The molecule has 0 saturated heterocycles. The van der Waals surface area contributed by atoms with Crippen molar-refractivity contribution in [3.63, 3.8) is 0 Å². The zero-order valence-electron chi connectivity index (χ0n) is 15.7. The normalized spacial score (nSPS) is 23.8. The Labute approximate surface area is 145 Å². The Morgan fingerprint density at radius 1 is 1.21 bits per heavy atom. The first kappa shape index (κ1) is 18.7. The lowest BCUT2D eigenvalue weighted by atomic mass is 9.66. The molecule has 24 heavy (non-hydrogen) atoms. The number of benzene rings is 1. The Kier molecular flexibility index (Phi) is 5.84. The maximum Gasteiger partial charge on any atom is 0.319 e. The smallest absolute Gasteiger partial charge is 0.319 e. The fourth-order valence-corrected chi connectivity index (χ4v) is 4.19. The number of hydrogen-bond acceptors (Lipinski definition) is 3. The van der Waals surface area contributed by atoms with E-state index in [0.29, 0.717) is 31.8 Å². The fraction of sp³-hybridized carbons (Fsp3) is 0.619. The van der Waals surface area contributed by atoms with E-state index >= 15 is 0 Å². The Balaban J connectivity index is 2.34. The summed E-state index contributed by atoms with van der Waals surface area (Å²) < 4.78 is 5.31. The first-order chi connectivity index (χ1) is 11.3. The van der Waals surface area contributed by atoms with Crippen LogP contribution >= 0.6 is 0 Å². The predicted octanol–water partition coefficient (Wildman–Crippen LogP) is 4.48. The highest BCUT2D eigenvalue weighted by Crippen LogP contribution is 2.42. The molecule has 0 amide bonds. The summed E-state index contributed by atoms with van der Waals surface area (Å²) in [5.41, 5.74) is 3.57. The van der Waals surface area contributed by atoms with Crippen LogP contribution in [-0.2, 0) is 20.7 Å². The molecular formula is C21H30O3. The topological polar surface area (TPSA) is 43.4 Å². The van der Waals surface area contributed by atoms with Crippen LogP contribution in [0.15, 0.2) is 12.1 Å². The Hall–Kier alpha value is -1.64. The number of ether oxygens (including phenoxy) is 1. The summed E-state index contributed by atoms with van der Waals surface area (Å²) in [4.78, 5) is 25.9. The monoisotopic (exact) mass is 330 g/mol. The van der Waals surface area contributed by atoms with Crippen LogP contribution in [0.1, 0.15) is 61.8 Å². The van der Waals surface area contributed by atoms with Crippen LogP contribution in [0.4, 0.5) is 0 Å². The molecule has 1 aliphatic carbocycles. The summed E-state index contributed by atoms with van der Waals surface area (Å²) in [5.74, 6) is 0.0961. The molecule has 0 aliphatic heterocycles. The molecule has 0 bridgehead atoms. The van der Waals surface area contributed by atoms with Crippen molar-refractivity contribution in [3.8, 4) is 0 Å². The zero-order chi connectivity index (χ0) is 17.9. The molecule has 1 saturated carbocycles. The highest BCUT2D eigenvalue weighted by molar-refractivity contribution is 6.05. The number of carbonyl (C=O) groups excluding carboxylic acids is 2. The SMILES string of the molecule is CCOC(=O)C1(C(=O)Cc2c(C)cc(C)cc2C)CCCC(C)C1. The summed E-state index contributed by atoms with van der Waals surface area (Å²) >= 11 is 0. The highest BCUT2D eigenvalue weighted by atomic mass is 16.5. The standard InChI is InChI=1S/C21H30O3/c1-6-24-20(23)21(9-7-8-14(2)13-21)19(22)12-18-16(4)10-15(3)11-17(18)5/h10-11,14H,6-9,12-13H2,1-5H3. The average molecular weight is 330 g/mol. The molecule has 132 valence electrons. The minimum absolute atomic E-state index is 0.0301. The van der Waals surface area contributed by atoms with Crippen LogP contribution in [0.25, 0.3) is 0 Å². The maximum atomic E-state index is 13.2. The van der Waals surface area contributed by atoms with E-state index in [-0.39, 0.29) is 11.8 Å². The number of esters is 1. The van der Waals surface area contributed by atoms with E-state index in [1.54, 1.807) is 6.92 Å². The van der Waals surface area contributed by atoms with Gasteiger partial charge in [-0.3, -0.25) is 9.59 Å². The van der Waals surface area contributed by atoms with E-state index in [1.165, 1.54) is 5.56 Å². The van der Waals surface area contributed by atoms with Gasteiger partial charge < -0.3 is 4.74 Å². The minimum atomic E-state index is -0.947. The molecule has 0 heterocycles. The van der Waals surface area contributed by atoms with Crippen LogP contribution in [0.3, 0.4) is 0 Å². The molecule has 1 aliphatic rings. The van der Waals surface area contributed by atoms with Gasteiger partial charge in [-0.25, -0.2) is 0 Å². The maximum absolute atomic E-state index is 13.2. The summed E-state index contributed by atoms with van der Waals surface area (Å²) in [6.45, 7) is 10.4. The summed E-state index contributed by atoms with van der Waals surface area (Å²) in [5, 5.41) is 0. The molecule has 1 fully saturated rings. The van der Waals surface area contributed by atoms with Gasteiger partial charge in [0.25, 0.3) is 0 Å². The zero-order valence-corrected chi connectivity index (χ0v) is 15.7. The Morgan fingerprint density at radius 2 is 1.83 bits per heavy atom. The predicted molar refractivity (Wildman–Crippen MR) is 96.1 cm³/mol. The Morgan fingerprint density at radius 3 is 2.38 bits per heavy atom. The second kappa shape index (κ2) is 7.50. The number of aryl methyl sites for hydroxylation is 3.